The molecule has 7 rings (SSSR count). The van der Waals surface area contributed by atoms with Crippen LogP contribution >= 0.6 is 0 Å². The van der Waals surface area contributed by atoms with Crippen LogP contribution in [-0.4, -0.2) is 9.13 Å². The van der Waals surface area contributed by atoms with Gasteiger partial charge < -0.3 is 0 Å². The molecule has 0 radical (unpaired) electrons. The summed E-state index contributed by atoms with van der Waals surface area (Å²) in [5, 5.41) is 10.3. The number of rotatable bonds is 2. The predicted molar refractivity (Wildman–Crippen MR) is 143 cm³/mol. The molecule has 0 aliphatic rings. The van der Waals surface area contributed by atoms with Crippen molar-refractivity contribution in [2.24, 2.45) is 7.05 Å². The minimum absolute atomic E-state index is 1.17. The predicted octanol–water partition coefficient (Wildman–Crippen LogP) is 8.17. The average molecular weight is 630 g/mol. The van der Waals surface area contributed by atoms with Crippen LogP contribution in [0.4, 0.5) is 0 Å². The Balaban J connectivity index is 1.39. The van der Waals surface area contributed by atoms with Crippen LogP contribution in [0.2, 0.25) is 0 Å². The first-order valence-corrected chi connectivity index (χ1v) is 12.9. The van der Waals surface area contributed by atoms with Crippen molar-refractivity contribution in [1.82, 2.24) is 9.13 Å². The Kier molecular flexibility index (Phi) is 4.65. The fourth-order valence-electron chi connectivity index (χ4n) is 5.16. The van der Waals surface area contributed by atoms with Gasteiger partial charge in [-0.15, -0.1) is 0 Å². The van der Waals surface area contributed by atoms with E-state index in [9.17, 15) is 0 Å². The van der Waals surface area contributed by atoms with Crippen molar-refractivity contribution < 1.29 is 19.4 Å². The van der Waals surface area contributed by atoms with Gasteiger partial charge in [0.1, 0.15) is 0 Å². The molecular formula is C32H22N2Pt. The van der Waals surface area contributed by atoms with Crippen LogP contribution in [0.25, 0.3) is 59.9 Å². The normalized spacial score (nSPS) is 11.7. The van der Waals surface area contributed by atoms with Crippen molar-refractivity contribution in [1.29, 1.82) is 0 Å². The van der Waals surface area contributed by atoms with Crippen molar-refractivity contribution in [3.05, 3.63) is 119 Å². The van der Waals surface area contributed by atoms with Gasteiger partial charge in [-0.25, -0.2) is 0 Å². The molecule has 0 saturated carbocycles. The van der Waals surface area contributed by atoms with E-state index in [2.05, 4.69) is 151 Å². The van der Waals surface area contributed by atoms with Crippen LogP contribution in [0, 0.1) is 3.80 Å². The Morgan fingerprint density at radius 2 is 1.11 bits per heavy atom. The molecule has 0 amide bonds. The number of fused-ring (bicyclic) bond motifs is 4. The van der Waals surface area contributed by atoms with Gasteiger partial charge in [-0.2, -0.15) is 0 Å². The van der Waals surface area contributed by atoms with Gasteiger partial charge in [-0.1, -0.05) is 24.3 Å². The zero-order valence-electron chi connectivity index (χ0n) is 19.2. The van der Waals surface area contributed by atoms with E-state index in [-0.39, 0.29) is 0 Å². The molecule has 1 heterocycles. The summed E-state index contributed by atoms with van der Waals surface area (Å²) in [5.41, 5.74) is 3.67. The van der Waals surface area contributed by atoms with Gasteiger partial charge in [0.05, 0.1) is 0 Å². The van der Waals surface area contributed by atoms with Crippen LogP contribution in [-0.2, 0) is 26.4 Å². The maximum absolute atomic E-state index is 2.36. The first kappa shape index (κ1) is 20.6. The van der Waals surface area contributed by atoms with Crippen molar-refractivity contribution >= 4 is 43.1 Å². The second-order valence-electron chi connectivity index (χ2n) is 9.19. The van der Waals surface area contributed by atoms with Gasteiger partial charge in [0, 0.05) is 0 Å². The molecule has 35 heavy (non-hydrogen) atoms. The van der Waals surface area contributed by atoms with Crippen molar-refractivity contribution in [2.45, 2.75) is 0 Å². The molecular weight excluding hydrogens is 607 g/mol. The molecule has 170 valence electrons. The Bertz CT molecular complexity index is 1970. The number of aromatic nitrogens is 2. The van der Waals surface area contributed by atoms with Gasteiger partial charge in [0.15, 0.2) is 0 Å². The van der Waals surface area contributed by atoms with E-state index in [4.69, 9.17) is 0 Å². The zero-order valence-corrected chi connectivity index (χ0v) is 21.5. The summed E-state index contributed by atoms with van der Waals surface area (Å²) in [6.07, 6.45) is 4.19. The fourth-order valence-corrected chi connectivity index (χ4v) is 5.79. The first-order valence-electron chi connectivity index (χ1n) is 11.7. The molecule has 6 aromatic carbocycles. The number of aryl methyl sites for hydroxylation is 1. The van der Waals surface area contributed by atoms with E-state index in [0.29, 0.717) is 0 Å². The molecule has 7 aromatic rings. The number of benzene rings is 6. The van der Waals surface area contributed by atoms with Crippen LogP contribution in [0.1, 0.15) is 0 Å². The summed E-state index contributed by atoms with van der Waals surface area (Å²) >= 11 is 2.36. The molecule has 0 unspecified atom stereocenters. The monoisotopic (exact) mass is 629 g/mol. The van der Waals surface area contributed by atoms with E-state index < -0.39 is 0 Å². The molecule has 0 bridgehead atoms. The minimum atomic E-state index is 1.17. The SMILES string of the molecule is Cn1ccn(-c2ccc(-c3cccc4cc5cc6cc7ccccc7cc6cc5cc34)cc2)[c]1=[Pt]. The molecule has 0 atom stereocenters. The molecule has 1 aromatic heterocycles. The van der Waals surface area contributed by atoms with E-state index in [1.54, 1.807) is 0 Å². The maximum atomic E-state index is 2.36. The summed E-state index contributed by atoms with van der Waals surface area (Å²) in [4.78, 5) is 0. The standard InChI is InChI=1S/C32H22N2.Pt/c1-33-13-14-34(21-33)30-11-9-22(10-12-30)31-8-4-7-25-17-28-18-26-15-23-5-2-3-6-24(23)16-27(26)19-29(28)20-32(25)31;/h2-20H,1H3;. The summed E-state index contributed by atoms with van der Waals surface area (Å²) < 4.78 is 5.50. The zero-order chi connectivity index (χ0) is 23.5. The average Bonchev–Trinajstić information content (AvgIpc) is 3.22. The molecule has 3 heteroatoms. The van der Waals surface area contributed by atoms with Crippen LogP contribution in [0.15, 0.2) is 116 Å². The third-order valence-electron chi connectivity index (χ3n) is 7.01. The quantitative estimate of drug-likeness (QED) is 0.171. The molecule has 0 spiro atoms. The molecule has 0 aliphatic carbocycles. The Morgan fingerprint density at radius 3 is 1.74 bits per heavy atom. The Hall–Kier alpha value is -3.74. The Labute approximate surface area is 214 Å². The van der Waals surface area contributed by atoms with Crippen molar-refractivity contribution in [3.63, 3.8) is 0 Å². The fraction of sp³-hybridized carbons (Fsp3) is 0.0312. The van der Waals surface area contributed by atoms with Crippen molar-refractivity contribution in [2.75, 3.05) is 0 Å². The van der Waals surface area contributed by atoms with E-state index >= 15 is 0 Å². The summed E-state index contributed by atoms with van der Waals surface area (Å²) in [7, 11) is 2.07. The van der Waals surface area contributed by atoms with Gasteiger partial charge in [0.25, 0.3) is 0 Å². The van der Waals surface area contributed by atoms with Crippen LogP contribution in [0.5, 0.6) is 0 Å². The third kappa shape index (κ3) is 3.40. The molecule has 0 fully saturated rings. The number of imidazole rings is 1. The molecule has 2 nitrogen and oxygen atoms in total. The first-order chi connectivity index (χ1) is 17.1. The number of nitrogens with zero attached hydrogens (tertiary/aromatic N) is 2. The van der Waals surface area contributed by atoms with E-state index in [0.717, 1.165) is 0 Å². The van der Waals surface area contributed by atoms with Gasteiger partial charge in [-0.3, -0.25) is 0 Å². The summed E-state index contributed by atoms with van der Waals surface area (Å²) in [6.45, 7) is 0. The van der Waals surface area contributed by atoms with Gasteiger partial charge in [0.2, 0.25) is 0 Å². The van der Waals surface area contributed by atoms with Crippen LogP contribution < -0.4 is 0 Å². The summed E-state index contributed by atoms with van der Waals surface area (Å²) in [6, 6.07) is 38.1. The van der Waals surface area contributed by atoms with Gasteiger partial charge in [-0.05, 0) is 28.3 Å². The van der Waals surface area contributed by atoms with E-state index in [1.807, 2.05) is 0 Å². The molecule has 0 saturated heterocycles. The third-order valence-corrected chi connectivity index (χ3v) is 8.36. The van der Waals surface area contributed by atoms with Gasteiger partial charge >= 0.3 is 162 Å². The second-order valence-corrected chi connectivity index (χ2v) is 10.2. The summed E-state index contributed by atoms with van der Waals surface area (Å²) in [5.74, 6) is 0. The van der Waals surface area contributed by atoms with Crippen molar-refractivity contribution in [3.8, 4) is 16.8 Å². The molecule has 0 aliphatic heterocycles. The second kappa shape index (κ2) is 7.90. The number of hydrogen-bond acceptors (Lipinski definition) is 0. The Morgan fingerprint density at radius 1 is 0.543 bits per heavy atom. The number of hydrogen-bond donors (Lipinski definition) is 0. The topological polar surface area (TPSA) is 9.86 Å². The van der Waals surface area contributed by atoms with E-state index in [1.165, 1.54) is 63.7 Å². The molecule has 0 N–H and O–H groups in total. The van der Waals surface area contributed by atoms with Crippen LogP contribution in [0.3, 0.4) is 0 Å².